The Balaban J connectivity index is 1.63. The van der Waals surface area contributed by atoms with Crippen LogP contribution in [0.4, 0.5) is 0 Å². The van der Waals surface area contributed by atoms with Crippen LogP contribution in [0.3, 0.4) is 0 Å². The zero-order chi connectivity index (χ0) is 13.4. The molecule has 19 heavy (non-hydrogen) atoms. The molecule has 0 spiro atoms. The van der Waals surface area contributed by atoms with Crippen LogP contribution >= 0.6 is 11.3 Å². The van der Waals surface area contributed by atoms with Crippen LogP contribution in [0.5, 0.6) is 0 Å². The number of amides is 1. The van der Waals surface area contributed by atoms with Gasteiger partial charge >= 0.3 is 5.97 Å². The molecule has 0 radical (unpaired) electrons. The van der Waals surface area contributed by atoms with Gasteiger partial charge < -0.3 is 10.0 Å². The average Bonchev–Trinajstić information content (AvgIpc) is 3.04. The third-order valence-corrected chi connectivity index (χ3v) is 4.90. The number of piperidine rings is 1. The van der Waals surface area contributed by atoms with Crippen LogP contribution in [0.25, 0.3) is 0 Å². The van der Waals surface area contributed by atoms with Crippen LogP contribution < -0.4 is 0 Å². The maximum absolute atomic E-state index is 12.2. The number of hydrogen-bond acceptors (Lipinski definition) is 4. The van der Waals surface area contributed by atoms with Crippen LogP contribution in [-0.4, -0.2) is 40.0 Å². The Morgan fingerprint density at radius 1 is 1.42 bits per heavy atom. The minimum Gasteiger partial charge on any atom is -0.481 e. The number of aliphatic carboxylic acids is 1. The number of likely N-dealkylation sites (tertiary alicyclic amines) is 1. The maximum Gasteiger partial charge on any atom is 0.307 e. The number of carboxylic acid groups (broad SMARTS) is 1. The molecule has 2 heterocycles. The Labute approximate surface area is 115 Å². The molecule has 1 aromatic heterocycles. The highest BCUT2D eigenvalue weighted by Gasteiger charge is 2.50. The fourth-order valence-electron chi connectivity index (χ4n) is 2.79. The van der Waals surface area contributed by atoms with E-state index in [1.54, 1.807) is 17.5 Å². The quantitative estimate of drug-likeness (QED) is 0.912. The predicted molar refractivity (Wildman–Crippen MR) is 69.9 cm³/mol. The number of nitrogens with zero attached hydrogens (tertiary/aromatic N) is 2. The molecule has 0 unspecified atom stereocenters. The lowest BCUT2D eigenvalue weighted by atomic mass is 9.98. The molecule has 1 N–H and O–H groups in total. The second-order valence-corrected chi connectivity index (χ2v) is 6.21. The van der Waals surface area contributed by atoms with Crippen LogP contribution in [0.15, 0.2) is 11.6 Å². The number of rotatable bonds is 3. The Morgan fingerprint density at radius 2 is 2.26 bits per heavy atom. The van der Waals surface area contributed by atoms with Crippen molar-refractivity contribution in [2.75, 3.05) is 13.1 Å². The molecule has 0 aromatic carbocycles. The Kier molecular flexibility index (Phi) is 3.26. The van der Waals surface area contributed by atoms with Gasteiger partial charge in [0.05, 0.1) is 16.8 Å². The monoisotopic (exact) mass is 280 g/mol. The number of aromatic nitrogens is 1. The van der Waals surface area contributed by atoms with Crippen LogP contribution in [0, 0.1) is 11.8 Å². The summed E-state index contributed by atoms with van der Waals surface area (Å²) in [6, 6.07) is 0. The van der Waals surface area contributed by atoms with Gasteiger partial charge in [-0.3, -0.25) is 9.59 Å². The van der Waals surface area contributed by atoms with E-state index >= 15 is 0 Å². The Hall–Kier alpha value is -1.43. The van der Waals surface area contributed by atoms with Crippen LogP contribution in [-0.2, 0) is 9.59 Å². The summed E-state index contributed by atoms with van der Waals surface area (Å²) in [6.07, 6.45) is 4.33. The predicted octanol–water partition coefficient (Wildman–Crippen LogP) is 1.57. The van der Waals surface area contributed by atoms with Crippen molar-refractivity contribution in [2.45, 2.75) is 25.2 Å². The fraction of sp³-hybridized carbons (Fsp3) is 0.615. The first kappa shape index (κ1) is 12.6. The van der Waals surface area contributed by atoms with Gasteiger partial charge in [0.1, 0.15) is 0 Å². The first-order valence-corrected chi connectivity index (χ1v) is 7.45. The molecule has 102 valence electrons. The molecule has 5 nitrogen and oxygen atoms in total. The fourth-order valence-corrected chi connectivity index (χ4v) is 3.56. The minimum atomic E-state index is -0.841. The molecule has 3 rings (SSSR count). The van der Waals surface area contributed by atoms with Crippen molar-refractivity contribution in [3.63, 3.8) is 0 Å². The number of carbonyl (C=O) groups excluding carboxylic acids is 1. The van der Waals surface area contributed by atoms with Crippen LogP contribution in [0.1, 0.15) is 30.2 Å². The topological polar surface area (TPSA) is 70.5 Å². The van der Waals surface area contributed by atoms with E-state index in [0.717, 1.165) is 24.4 Å². The second-order valence-electron chi connectivity index (χ2n) is 5.28. The van der Waals surface area contributed by atoms with E-state index in [4.69, 9.17) is 5.11 Å². The van der Waals surface area contributed by atoms with E-state index in [1.807, 2.05) is 10.3 Å². The number of hydrogen-bond donors (Lipinski definition) is 1. The molecule has 1 saturated carbocycles. The number of carboxylic acids is 1. The van der Waals surface area contributed by atoms with Gasteiger partial charge in [0.15, 0.2) is 0 Å². The number of carbonyl (C=O) groups is 2. The minimum absolute atomic E-state index is 0.0219. The van der Waals surface area contributed by atoms with Crippen LogP contribution in [0.2, 0.25) is 0 Å². The average molecular weight is 280 g/mol. The molecule has 1 aliphatic heterocycles. The van der Waals surface area contributed by atoms with E-state index in [1.165, 1.54) is 0 Å². The van der Waals surface area contributed by atoms with Gasteiger partial charge in [0.2, 0.25) is 5.91 Å². The van der Waals surface area contributed by atoms with Gasteiger partial charge in [0.25, 0.3) is 0 Å². The summed E-state index contributed by atoms with van der Waals surface area (Å²) < 4.78 is 0. The normalized spacial score (nSPS) is 30.1. The smallest absolute Gasteiger partial charge is 0.307 e. The second kappa shape index (κ2) is 4.92. The highest BCUT2D eigenvalue weighted by atomic mass is 32.1. The van der Waals surface area contributed by atoms with Gasteiger partial charge in [-0.1, -0.05) is 0 Å². The standard InChI is InChI=1S/C13H16N2O3S/c16-12(9-6-10(9)13(17)18)15-4-1-2-8(7-15)11-14-3-5-19-11/h3,5,8-10H,1-2,4,6-7H2,(H,17,18)/t8-,9+,10+/m0/s1. The molecule has 1 amide bonds. The molecule has 2 fully saturated rings. The van der Waals surface area contributed by atoms with E-state index in [-0.39, 0.29) is 11.8 Å². The van der Waals surface area contributed by atoms with Gasteiger partial charge in [0, 0.05) is 30.6 Å². The van der Waals surface area contributed by atoms with Crippen molar-refractivity contribution in [1.29, 1.82) is 0 Å². The molecular formula is C13H16N2O3S. The molecule has 1 aliphatic carbocycles. The van der Waals surface area contributed by atoms with Crippen molar-refractivity contribution in [3.8, 4) is 0 Å². The molecule has 1 aromatic rings. The summed E-state index contributed by atoms with van der Waals surface area (Å²) in [4.78, 5) is 29.2. The SMILES string of the molecule is O=C(O)[C@@H]1C[C@H]1C(=O)N1CCC[C@H](c2nccs2)C1. The lowest BCUT2D eigenvalue weighted by Crippen LogP contribution is -2.40. The largest absolute Gasteiger partial charge is 0.481 e. The van der Waals surface area contributed by atoms with Gasteiger partial charge in [-0.15, -0.1) is 11.3 Å². The summed E-state index contributed by atoms with van der Waals surface area (Å²) in [5.41, 5.74) is 0. The van der Waals surface area contributed by atoms with Crippen molar-refractivity contribution < 1.29 is 14.7 Å². The first-order chi connectivity index (χ1) is 9.16. The molecular weight excluding hydrogens is 264 g/mol. The third-order valence-electron chi connectivity index (χ3n) is 3.96. The molecule has 6 heteroatoms. The summed E-state index contributed by atoms with van der Waals surface area (Å²) in [5, 5.41) is 11.9. The summed E-state index contributed by atoms with van der Waals surface area (Å²) in [5.74, 6) is -1.24. The van der Waals surface area contributed by atoms with Gasteiger partial charge in [-0.05, 0) is 19.3 Å². The highest BCUT2D eigenvalue weighted by molar-refractivity contribution is 7.09. The van der Waals surface area contributed by atoms with Gasteiger partial charge in [-0.25, -0.2) is 4.98 Å². The highest BCUT2D eigenvalue weighted by Crippen LogP contribution is 2.41. The van der Waals surface area contributed by atoms with Gasteiger partial charge in [-0.2, -0.15) is 0 Å². The Bertz CT molecular complexity index is 488. The molecule has 2 aliphatic rings. The summed E-state index contributed by atoms with van der Waals surface area (Å²) in [6.45, 7) is 1.44. The molecule has 0 bridgehead atoms. The maximum atomic E-state index is 12.2. The van der Waals surface area contributed by atoms with Crippen molar-refractivity contribution in [2.24, 2.45) is 11.8 Å². The van der Waals surface area contributed by atoms with E-state index in [9.17, 15) is 9.59 Å². The number of thiazole rings is 1. The lowest BCUT2D eigenvalue weighted by molar-refractivity contribution is -0.142. The van der Waals surface area contributed by atoms with Crippen molar-refractivity contribution in [3.05, 3.63) is 16.6 Å². The first-order valence-electron chi connectivity index (χ1n) is 6.58. The van der Waals surface area contributed by atoms with Crippen molar-refractivity contribution in [1.82, 2.24) is 9.88 Å². The van der Waals surface area contributed by atoms with Crippen molar-refractivity contribution >= 4 is 23.2 Å². The Morgan fingerprint density at radius 3 is 2.89 bits per heavy atom. The summed E-state index contributed by atoms with van der Waals surface area (Å²) >= 11 is 1.63. The van der Waals surface area contributed by atoms with E-state index in [2.05, 4.69) is 4.98 Å². The third kappa shape index (κ3) is 2.49. The molecule has 1 saturated heterocycles. The zero-order valence-electron chi connectivity index (χ0n) is 10.5. The molecule has 3 atom stereocenters. The van der Waals surface area contributed by atoms with E-state index in [0.29, 0.717) is 18.9 Å². The summed E-state index contributed by atoms with van der Waals surface area (Å²) in [7, 11) is 0. The van der Waals surface area contributed by atoms with E-state index < -0.39 is 11.9 Å². The lowest BCUT2D eigenvalue weighted by Gasteiger charge is -2.32. The zero-order valence-corrected chi connectivity index (χ0v) is 11.3.